The van der Waals surface area contributed by atoms with Crippen LogP contribution in [0.2, 0.25) is 0 Å². The van der Waals surface area contributed by atoms with Crippen LogP contribution in [0.5, 0.6) is 0 Å². The second-order valence-corrected chi connectivity index (χ2v) is 19.0. The molecule has 1 aromatic heterocycles. The van der Waals surface area contributed by atoms with Gasteiger partial charge in [-0.25, -0.2) is 0 Å². The van der Waals surface area contributed by atoms with Gasteiger partial charge >= 0.3 is 0 Å². The van der Waals surface area contributed by atoms with Crippen molar-refractivity contribution in [1.82, 2.24) is 4.57 Å². The van der Waals surface area contributed by atoms with Crippen LogP contribution in [0.15, 0.2) is 182 Å². The molecule has 0 radical (unpaired) electrons. The number of rotatable bonds is 7. The number of nitriles is 1. The van der Waals surface area contributed by atoms with Gasteiger partial charge in [-0.3, -0.25) is 0 Å². The maximum Gasteiger partial charge on any atom is 0.100 e. The van der Waals surface area contributed by atoms with Crippen molar-refractivity contribution in [2.24, 2.45) is 7.05 Å². The number of para-hydroxylation sites is 2. The van der Waals surface area contributed by atoms with E-state index in [1.807, 2.05) is 13.8 Å². The zero-order valence-corrected chi connectivity index (χ0v) is 40.8. The zero-order chi connectivity index (χ0) is 47.6. The molecule has 0 aliphatic heterocycles. The summed E-state index contributed by atoms with van der Waals surface area (Å²) in [5.74, 6) is 0. The van der Waals surface area contributed by atoms with E-state index in [0.717, 1.165) is 64.2 Å². The molecule has 2 aliphatic carbocycles. The molecule has 0 unspecified atom stereocenters. The van der Waals surface area contributed by atoms with E-state index in [-0.39, 0.29) is 5.41 Å². The number of hydrogen-bond acceptors (Lipinski definition) is 2. The number of hydrogen-bond donors (Lipinski definition) is 0. The molecule has 0 amide bonds. The quantitative estimate of drug-likeness (QED) is 0.160. The molecule has 0 bridgehead atoms. The number of aryl methyl sites for hydroxylation is 4. The topological polar surface area (TPSA) is 32.0 Å². The summed E-state index contributed by atoms with van der Waals surface area (Å²) in [5, 5.41) is 15.9. The number of fused-ring (bicyclic) bond motifs is 9. The Morgan fingerprint density at radius 2 is 1.23 bits per heavy atom. The Morgan fingerprint density at radius 3 is 2.04 bits per heavy atom. The van der Waals surface area contributed by atoms with Crippen LogP contribution in [0.1, 0.15) is 85.5 Å². The zero-order valence-electron chi connectivity index (χ0n) is 40.8. The highest BCUT2D eigenvalue weighted by molar-refractivity contribution is 6.16. The van der Waals surface area contributed by atoms with Gasteiger partial charge in [-0.2, -0.15) is 5.26 Å². The van der Waals surface area contributed by atoms with E-state index in [4.69, 9.17) is 0 Å². The molecule has 0 N–H and O–H groups in total. The van der Waals surface area contributed by atoms with Gasteiger partial charge in [0, 0.05) is 50.8 Å². The minimum Gasteiger partial charge on any atom is -0.342 e. The van der Waals surface area contributed by atoms with Crippen molar-refractivity contribution in [3.63, 3.8) is 0 Å². The normalized spacial score (nSPS) is 13.3. The number of benzene rings is 9. The number of allylic oxidation sites excluding steroid dienone is 1. The van der Waals surface area contributed by atoms with Crippen LogP contribution in [-0.2, 0) is 25.3 Å². The molecule has 336 valence electrons. The summed E-state index contributed by atoms with van der Waals surface area (Å²) in [6.45, 7) is 13.3. The van der Waals surface area contributed by atoms with E-state index in [0.29, 0.717) is 0 Å². The molecular formula is C66H57N3. The minimum absolute atomic E-state index is 0.365. The maximum atomic E-state index is 10.9. The Bertz CT molecular complexity index is 3760. The number of aromatic nitrogens is 1. The van der Waals surface area contributed by atoms with Crippen LogP contribution >= 0.6 is 0 Å². The molecule has 0 fully saturated rings. The third kappa shape index (κ3) is 6.76. The van der Waals surface area contributed by atoms with Crippen molar-refractivity contribution in [1.29, 1.82) is 5.26 Å². The van der Waals surface area contributed by atoms with E-state index in [1.165, 1.54) is 88.2 Å². The van der Waals surface area contributed by atoms with Crippen LogP contribution in [0.25, 0.3) is 71.5 Å². The Morgan fingerprint density at radius 1 is 0.580 bits per heavy atom. The molecular weight excluding hydrogens is 835 g/mol. The molecule has 0 saturated carbocycles. The van der Waals surface area contributed by atoms with Crippen LogP contribution in [0.3, 0.4) is 0 Å². The summed E-state index contributed by atoms with van der Waals surface area (Å²) < 4.78 is 2.38. The van der Waals surface area contributed by atoms with Gasteiger partial charge in [-0.15, -0.1) is 0 Å². The molecule has 9 aromatic carbocycles. The molecule has 12 rings (SSSR count). The van der Waals surface area contributed by atoms with Gasteiger partial charge in [0.1, 0.15) is 6.07 Å². The number of anilines is 3. The van der Waals surface area contributed by atoms with Crippen molar-refractivity contribution in [2.75, 3.05) is 4.90 Å². The second kappa shape index (κ2) is 17.3. The SMILES string of the molecule is CC.CCc1ccccc1-c1c(C)cccc1N(c1cc2c(c3ccccc13)-c1ccc(-c3cccc(C4=CCCc5ccccc54)c3C#N)cc1C2(C)C)c1cccc2c3ccccc3n(C)c12. The molecule has 69 heavy (non-hydrogen) atoms. The third-order valence-corrected chi connectivity index (χ3v) is 15.1. The highest BCUT2D eigenvalue weighted by Gasteiger charge is 2.39. The first-order valence-corrected chi connectivity index (χ1v) is 24.8. The Hall–Kier alpha value is -7.93. The summed E-state index contributed by atoms with van der Waals surface area (Å²) >= 11 is 0. The van der Waals surface area contributed by atoms with E-state index >= 15 is 0 Å². The van der Waals surface area contributed by atoms with E-state index in [1.54, 1.807) is 0 Å². The van der Waals surface area contributed by atoms with E-state index in [9.17, 15) is 5.26 Å². The largest absolute Gasteiger partial charge is 0.342 e. The second-order valence-electron chi connectivity index (χ2n) is 19.0. The summed E-state index contributed by atoms with van der Waals surface area (Å²) in [6.07, 6.45) is 5.24. The van der Waals surface area contributed by atoms with E-state index < -0.39 is 0 Å². The van der Waals surface area contributed by atoms with Crippen LogP contribution in [0.4, 0.5) is 17.1 Å². The fourth-order valence-corrected chi connectivity index (χ4v) is 11.8. The Labute approximate surface area is 407 Å². The van der Waals surface area contributed by atoms with Gasteiger partial charge in [0.25, 0.3) is 0 Å². The summed E-state index contributed by atoms with van der Waals surface area (Å²) in [7, 11) is 2.21. The number of nitrogens with zero attached hydrogens (tertiary/aromatic N) is 3. The van der Waals surface area contributed by atoms with Crippen molar-refractivity contribution < 1.29 is 0 Å². The van der Waals surface area contributed by atoms with Crippen molar-refractivity contribution in [2.45, 2.75) is 66.2 Å². The molecule has 10 aromatic rings. The van der Waals surface area contributed by atoms with Crippen LogP contribution < -0.4 is 4.90 Å². The lowest BCUT2D eigenvalue weighted by Crippen LogP contribution is -2.18. The molecule has 0 atom stereocenters. The Balaban J connectivity index is 0.00000257. The highest BCUT2D eigenvalue weighted by Crippen LogP contribution is 2.57. The minimum atomic E-state index is -0.365. The van der Waals surface area contributed by atoms with Crippen molar-refractivity contribution >= 4 is 55.2 Å². The first-order chi connectivity index (χ1) is 33.8. The predicted molar refractivity (Wildman–Crippen MR) is 293 cm³/mol. The first-order valence-electron chi connectivity index (χ1n) is 24.8. The maximum absolute atomic E-state index is 10.9. The smallest absolute Gasteiger partial charge is 0.100 e. The van der Waals surface area contributed by atoms with Gasteiger partial charge < -0.3 is 9.47 Å². The van der Waals surface area contributed by atoms with Crippen molar-refractivity contribution in [3.05, 3.63) is 227 Å². The average Bonchev–Trinajstić information content (AvgIpc) is 3.82. The summed E-state index contributed by atoms with van der Waals surface area (Å²) in [5.41, 5.74) is 23.2. The lowest BCUT2D eigenvalue weighted by molar-refractivity contribution is 0.661. The molecule has 3 nitrogen and oxygen atoms in total. The highest BCUT2D eigenvalue weighted by atomic mass is 15.2. The van der Waals surface area contributed by atoms with Gasteiger partial charge in [-0.05, 0) is 123 Å². The molecule has 0 saturated heterocycles. The van der Waals surface area contributed by atoms with Crippen LogP contribution in [-0.4, -0.2) is 4.57 Å². The summed E-state index contributed by atoms with van der Waals surface area (Å²) in [6, 6.07) is 67.5. The first kappa shape index (κ1) is 43.6. The summed E-state index contributed by atoms with van der Waals surface area (Å²) in [4.78, 5) is 2.58. The fourth-order valence-electron chi connectivity index (χ4n) is 11.8. The average molecular weight is 892 g/mol. The van der Waals surface area contributed by atoms with Gasteiger partial charge in [0.2, 0.25) is 0 Å². The molecule has 1 heterocycles. The van der Waals surface area contributed by atoms with Gasteiger partial charge in [-0.1, -0.05) is 186 Å². The van der Waals surface area contributed by atoms with Crippen molar-refractivity contribution in [3.8, 4) is 39.4 Å². The lowest BCUT2D eigenvalue weighted by atomic mass is 9.80. The molecule has 0 spiro atoms. The van der Waals surface area contributed by atoms with Gasteiger partial charge in [0.15, 0.2) is 0 Å². The Kier molecular flexibility index (Phi) is 10.9. The third-order valence-electron chi connectivity index (χ3n) is 15.1. The van der Waals surface area contributed by atoms with E-state index in [2.05, 4.69) is 232 Å². The molecule has 3 heteroatoms. The lowest BCUT2D eigenvalue weighted by Gasteiger charge is -2.32. The van der Waals surface area contributed by atoms with Gasteiger partial charge in [0.05, 0.1) is 28.1 Å². The standard InChI is InChI=1S/C64H51N3.C2H6/c1-6-41-20-7-10-24-46(41)61-40(2)19-15-33-58(61)67(59-34-18-31-52-50-26-13-14-32-57(50)66(5)63(52)59)60-38-56-62(51-27-12-11-25-49(51)60)53-36-35-43(37-55(53)64(56,3)4)45-28-17-30-48(54(45)39-65)47-29-16-22-42-21-8-9-23-44(42)47;1-2/h7-15,17-21,23-38H,6,16,22H2,1-5H3;1-2H3. The molecule has 2 aliphatic rings. The fraction of sp³-hybridized carbons (Fsp3) is 0.167. The monoisotopic (exact) mass is 891 g/mol. The van der Waals surface area contributed by atoms with Crippen LogP contribution in [0, 0.1) is 18.3 Å². The predicted octanol–water partition coefficient (Wildman–Crippen LogP) is 17.7.